The predicted octanol–water partition coefficient (Wildman–Crippen LogP) is 3.95. The number of nitrogen functional groups attached to an aromatic ring is 1. The highest BCUT2D eigenvalue weighted by Gasteiger charge is 2.08. The van der Waals surface area contributed by atoms with Crippen molar-refractivity contribution in [3.8, 4) is 11.4 Å². The van der Waals surface area contributed by atoms with Gasteiger partial charge < -0.3 is 5.73 Å². The Morgan fingerprint density at radius 2 is 1.95 bits per heavy atom. The molecule has 6 heteroatoms. The molecule has 0 atom stereocenters. The quantitative estimate of drug-likeness (QED) is 0.718. The first-order valence-corrected chi connectivity index (χ1v) is 7.08. The Morgan fingerprint density at radius 1 is 1.10 bits per heavy atom. The first-order chi connectivity index (χ1) is 10.1. The predicted molar refractivity (Wildman–Crippen MR) is 85.5 cm³/mol. The molecule has 1 aromatic heterocycles. The third kappa shape index (κ3) is 3.17. The van der Waals surface area contributed by atoms with E-state index in [-0.39, 0.29) is 0 Å². The van der Waals surface area contributed by atoms with Gasteiger partial charge in [0.05, 0.1) is 10.7 Å². The van der Waals surface area contributed by atoms with Crippen LogP contribution in [0.15, 0.2) is 42.5 Å². The number of hydrogen-bond acceptors (Lipinski definition) is 3. The summed E-state index contributed by atoms with van der Waals surface area (Å²) < 4.78 is 0. The molecule has 0 fully saturated rings. The summed E-state index contributed by atoms with van der Waals surface area (Å²) in [5, 5.41) is 8.36. The fraction of sp³-hybridized carbons (Fsp3) is 0.0667. The van der Waals surface area contributed by atoms with E-state index in [9.17, 15) is 0 Å². The van der Waals surface area contributed by atoms with Crippen LogP contribution in [0.4, 0.5) is 5.69 Å². The van der Waals surface area contributed by atoms with Crippen LogP contribution >= 0.6 is 23.2 Å². The number of hydrogen-bond donors (Lipinski definition) is 2. The van der Waals surface area contributed by atoms with Crippen LogP contribution in [-0.2, 0) is 6.42 Å². The number of halogens is 2. The molecule has 1 heterocycles. The maximum Gasteiger partial charge on any atom is 0.181 e. The number of nitrogens with two attached hydrogens (primary N) is 1. The van der Waals surface area contributed by atoms with E-state index in [0.717, 1.165) is 17.0 Å². The summed E-state index contributed by atoms with van der Waals surface area (Å²) in [7, 11) is 0. The van der Waals surface area contributed by atoms with Crippen LogP contribution in [-0.4, -0.2) is 15.2 Å². The fourth-order valence-corrected chi connectivity index (χ4v) is 2.36. The van der Waals surface area contributed by atoms with Crippen LogP contribution in [0.25, 0.3) is 11.4 Å². The zero-order valence-electron chi connectivity index (χ0n) is 11.0. The number of aromatic amines is 1. The van der Waals surface area contributed by atoms with Crippen molar-refractivity contribution in [2.75, 3.05) is 5.73 Å². The Bertz CT molecular complexity index is 783. The smallest absolute Gasteiger partial charge is 0.181 e. The fourth-order valence-electron chi connectivity index (χ4n) is 2.03. The summed E-state index contributed by atoms with van der Waals surface area (Å²) >= 11 is 11.9. The average molecular weight is 319 g/mol. The highest BCUT2D eigenvalue weighted by molar-refractivity contribution is 6.33. The van der Waals surface area contributed by atoms with E-state index in [1.807, 2.05) is 30.3 Å². The number of nitrogens with zero attached hydrogens (tertiary/aromatic N) is 2. The first-order valence-electron chi connectivity index (χ1n) is 6.33. The van der Waals surface area contributed by atoms with Crippen LogP contribution < -0.4 is 5.73 Å². The van der Waals surface area contributed by atoms with Crippen molar-refractivity contribution < 1.29 is 0 Å². The Labute approximate surface area is 131 Å². The van der Waals surface area contributed by atoms with E-state index in [1.54, 1.807) is 12.1 Å². The second-order valence-corrected chi connectivity index (χ2v) is 5.49. The molecule has 106 valence electrons. The average Bonchev–Trinajstić information content (AvgIpc) is 2.90. The molecule has 0 aliphatic rings. The van der Waals surface area contributed by atoms with Crippen molar-refractivity contribution in [2.45, 2.75) is 6.42 Å². The van der Waals surface area contributed by atoms with Gasteiger partial charge in [0.25, 0.3) is 0 Å². The zero-order valence-corrected chi connectivity index (χ0v) is 12.5. The lowest BCUT2D eigenvalue weighted by Gasteiger charge is -2.00. The van der Waals surface area contributed by atoms with Gasteiger partial charge in [-0.2, -0.15) is 5.10 Å². The van der Waals surface area contributed by atoms with Crippen molar-refractivity contribution in [1.82, 2.24) is 15.2 Å². The SMILES string of the molecule is Nc1cc(-c2n[nH]c(Cc3cccc(Cl)c3)n2)ccc1Cl. The van der Waals surface area contributed by atoms with Gasteiger partial charge in [-0.3, -0.25) is 5.10 Å². The summed E-state index contributed by atoms with van der Waals surface area (Å²) in [6.07, 6.45) is 0.636. The van der Waals surface area contributed by atoms with Gasteiger partial charge in [-0.1, -0.05) is 35.3 Å². The molecule has 0 radical (unpaired) electrons. The van der Waals surface area contributed by atoms with Crippen LogP contribution in [0.2, 0.25) is 10.0 Å². The van der Waals surface area contributed by atoms with Gasteiger partial charge in [0.15, 0.2) is 5.82 Å². The molecule has 0 amide bonds. The molecule has 0 unspecified atom stereocenters. The Morgan fingerprint density at radius 3 is 2.71 bits per heavy atom. The van der Waals surface area contributed by atoms with Crippen LogP contribution in [0.5, 0.6) is 0 Å². The number of anilines is 1. The largest absolute Gasteiger partial charge is 0.398 e. The summed E-state index contributed by atoms with van der Waals surface area (Å²) in [6, 6.07) is 13.0. The highest BCUT2D eigenvalue weighted by atomic mass is 35.5. The van der Waals surface area contributed by atoms with E-state index in [4.69, 9.17) is 28.9 Å². The molecule has 0 bridgehead atoms. The van der Waals surface area contributed by atoms with Crippen LogP contribution in [0, 0.1) is 0 Å². The molecule has 0 aliphatic heterocycles. The Kier molecular flexibility index (Phi) is 3.82. The molecular formula is C15H12Cl2N4. The summed E-state index contributed by atoms with van der Waals surface area (Å²) in [5.74, 6) is 1.36. The number of rotatable bonds is 3. The van der Waals surface area contributed by atoms with Gasteiger partial charge in [0, 0.05) is 17.0 Å². The molecule has 3 rings (SSSR count). The van der Waals surface area contributed by atoms with Gasteiger partial charge in [0.2, 0.25) is 0 Å². The molecular weight excluding hydrogens is 307 g/mol. The third-order valence-corrected chi connectivity index (χ3v) is 3.63. The van der Waals surface area contributed by atoms with Gasteiger partial charge in [-0.15, -0.1) is 0 Å². The molecule has 2 aromatic carbocycles. The maximum absolute atomic E-state index is 5.97. The van der Waals surface area contributed by atoms with Gasteiger partial charge in [0.1, 0.15) is 5.82 Å². The number of benzene rings is 2. The lowest BCUT2D eigenvalue weighted by atomic mass is 10.1. The second-order valence-electron chi connectivity index (χ2n) is 4.65. The summed E-state index contributed by atoms with van der Waals surface area (Å²) in [4.78, 5) is 4.47. The summed E-state index contributed by atoms with van der Waals surface area (Å²) in [6.45, 7) is 0. The molecule has 21 heavy (non-hydrogen) atoms. The minimum absolute atomic E-state index is 0.510. The van der Waals surface area contributed by atoms with Gasteiger partial charge in [-0.25, -0.2) is 4.98 Å². The Hall–Kier alpha value is -2.04. The topological polar surface area (TPSA) is 67.6 Å². The van der Waals surface area contributed by atoms with Crippen LogP contribution in [0.3, 0.4) is 0 Å². The number of H-pyrrole nitrogens is 1. The van der Waals surface area contributed by atoms with Crippen molar-refractivity contribution >= 4 is 28.9 Å². The van der Waals surface area contributed by atoms with Crippen molar-refractivity contribution in [3.63, 3.8) is 0 Å². The normalized spacial score (nSPS) is 10.8. The zero-order chi connectivity index (χ0) is 14.8. The monoisotopic (exact) mass is 318 g/mol. The van der Waals surface area contributed by atoms with E-state index in [0.29, 0.717) is 28.0 Å². The van der Waals surface area contributed by atoms with Crippen molar-refractivity contribution in [3.05, 3.63) is 63.9 Å². The molecule has 3 aromatic rings. The highest BCUT2D eigenvalue weighted by Crippen LogP contribution is 2.24. The van der Waals surface area contributed by atoms with Crippen molar-refractivity contribution in [2.24, 2.45) is 0 Å². The van der Waals surface area contributed by atoms with E-state index >= 15 is 0 Å². The first kappa shape index (κ1) is 13.9. The number of aromatic nitrogens is 3. The maximum atomic E-state index is 5.97. The Balaban J connectivity index is 1.84. The molecule has 4 nitrogen and oxygen atoms in total. The minimum Gasteiger partial charge on any atom is -0.398 e. The van der Waals surface area contributed by atoms with E-state index in [2.05, 4.69) is 15.2 Å². The minimum atomic E-state index is 0.510. The van der Waals surface area contributed by atoms with Gasteiger partial charge in [-0.05, 0) is 35.9 Å². The molecule has 0 saturated carbocycles. The van der Waals surface area contributed by atoms with E-state index < -0.39 is 0 Å². The second kappa shape index (κ2) is 5.76. The number of nitrogens with one attached hydrogen (secondary N) is 1. The lowest BCUT2D eigenvalue weighted by Crippen LogP contribution is -1.91. The van der Waals surface area contributed by atoms with Crippen molar-refractivity contribution in [1.29, 1.82) is 0 Å². The lowest BCUT2D eigenvalue weighted by molar-refractivity contribution is 0.973. The van der Waals surface area contributed by atoms with Crippen LogP contribution in [0.1, 0.15) is 11.4 Å². The molecule has 0 saturated heterocycles. The van der Waals surface area contributed by atoms with E-state index in [1.165, 1.54) is 0 Å². The molecule has 0 spiro atoms. The molecule has 0 aliphatic carbocycles. The van der Waals surface area contributed by atoms with Gasteiger partial charge >= 0.3 is 0 Å². The summed E-state index contributed by atoms with van der Waals surface area (Å²) in [5.41, 5.74) is 8.20. The standard InChI is InChI=1S/C15H12Cl2N4/c16-11-3-1-2-9(6-11)7-14-19-15(21-20-14)10-4-5-12(17)13(18)8-10/h1-6,8H,7,18H2,(H,19,20,21). The molecule has 3 N–H and O–H groups in total. The third-order valence-electron chi connectivity index (χ3n) is 3.05.